The van der Waals surface area contributed by atoms with E-state index in [1.165, 1.54) is 57.8 Å². The maximum Gasteiger partial charge on any atom is 0.171 e. The van der Waals surface area contributed by atoms with E-state index in [2.05, 4.69) is 27.7 Å². The summed E-state index contributed by atoms with van der Waals surface area (Å²) >= 11 is 0. The van der Waals surface area contributed by atoms with Crippen LogP contribution in [0.3, 0.4) is 0 Å². The molecule has 0 N–H and O–H groups in total. The Balaban J connectivity index is 1.15. The van der Waals surface area contributed by atoms with E-state index in [1.807, 2.05) is 0 Å². The van der Waals surface area contributed by atoms with E-state index >= 15 is 0 Å². The Labute approximate surface area is 189 Å². The summed E-state index contributed by atoms with van der Waals surface area (Å²) in [4.78, 5) is 0. The van der Waals surface area contributed by atoms with E-state index in [9.17, 15) is 0 Å². The average Bonchev–Trinajstić information content (AvgIpc) is 3.36. The Bertz CT molecular complexity index is 751. The summed E-state index contributed by atoms with van der Waals surface area (Å²) in [5.74, 6) is 5.32. The molecule has 12 atom stereocenters. The van der Waals surface area contributed by atoms with Gasteiger partial charge in [-0.25, -0.2) is 0 Å². The van der Waals surface area contributed by atoms with Gasteiger partial charge in [0.2, 0.25) is 0 Å². The largest absolute Gasteiger partial charge is 0.370 e. The summed E-state index contributed by atoms with van der Waals surface area (Å²) in [6, 6.07) is 0. The lowest BCUT2D eigenvalue weighted by atomic mass is 9.44. The quantitative estimate of drug-likeness (QED) is 0.430. The molecule has 12 unspecified atom stereocenters. The molecule has 3 aliphatic heterocycles. The van der Waals surface area contributed by atoms with E-state index < -0.39 is 0 Å². The number of rotatable bonds is 0. The van der Waals surface area contributed by atoms with Crippen LogP contribution in [0.5, 0.6) is 0 Å². The summed E-state index contributed by atoms with van der Waals surface area (Å²) in [6.07, 6.45) is 14.0. The number of fused-ring (bicyclic) bond motifs is 7. The normalized spacial score (nSPS) is 64.6. The highest BCUT2D eigenvalue weighted by Crippen LogP contribution is 2.72. The maximum atomic E-state index is 6.94. The molecule has 0 radical (unpaired) electrons. The zero-order valence-electron chi connectivity index (χ0n) is 20.3. The lowest BCUT2D eigenvalue weighted by Gasteiger charge is -2.61. The van der Waals surface area contributed by atoms with Crippen LogP contribution in [0.2, 0.25) is 0 Å². The second-order valence-corrected chi connectivity index (χ2v) is 13.9. The van der Waals surface area contributed by atoms with Crippen molar-refractivity contribution in [2.45, 2.75) is 109 Å². The van der Waals surface area contributed by atoms with Crippen LogP contribution in [0, 0.1) is 52.3 Å². The predicted octanol–water partition coefficient (Wildman–Crippen LogP) is 6.20. The van der Waals surface area contributed by atoms with Gasteiger partial charge in [0.15, 0.2) is 5.79 Å². The van der Waals surface area contributed by atoms with Crippen molar-refractivity contribution in [3.8, 4) is 0 Å². The summed E-state index contributed by atoms with van der Waals surface area (Å²) in [6.45, 7) is 12.1. The third kappa shape index (κ3) is 2.58. The fourth-order valence-corrected chi connectivity index (χ4v) is 10.7. The van der Waals surface area contributed by atoms with Gasteiger partial charge in [0.1, 0.15) is 0 Å². The van der Waals surface area contributed by atoms with Crippen molar-refractivity contribution >= 4 is 0 Å². The first kappa shape index (κ1) is 20.3. The van der Waals surface area contributed by atoms with E-state index in [1.54, 1.807) is 0 Å². The van der Waals surface area contributed by atoms with E-state index in [0.29, 0.717) is 40.3 Å². The van der Waals surface area contributed by atoms with Gasteiger partial charge in [-0.05, 0) is 104 Å². The van der Waals surface area contributed by atoms with Gasteiger partial charge in [0.25, 0.3) is 0 Å². The van der Waals surface area contributed by atoms with Crippen LogP contribution in [0.15, 0.2) is 0 Å². The van der Waals surface area contributed by atoms with Gasteiger partial charge in [-0.3, -0.25) is 0 Å². The molecule has 7 rings (SSSR count). The van der Waals surface area contributed by atoms with Crippen molar-refractivity contribution in [2.75, 3.05) is 13.2 Å². The molecule has 4 saturated carbocycles. The lowest BCUT2D eigenvalue weighted by Crippen LogP contribution is -2.55. The SMILES string of the molecule is CC1CCC2(OC1)OC1CC3C4CCC5CC6(CCC5(C)C4CCC3(C)C1C2C)CO6. The molecule has 3 heterocycles. The Hall–Kier alpha value is -0.120. The van der Waals surface area contributed by atoms with Crippen molar-refractivity contribution in [3.63, 3.8) is 0 Å². The monoisotopic (exact) mass is 428 g/mol. The molecule has 0 bridgehead atoms. The molecular weight excluding hydrogens is 384 g/mol. The first-order chi connectivity index (χ1) is 14.8. The van der Waals surface area contributed by atoms with E-state index in [0.717, 1.165) is 43.3 Å². The Morgan fingerprint density at radius 2 is 1.65 bits per heavy atom. The molecule has 3 heteroatoms. The molecule has 3 saturated heterocycles. The molecule has 31 heavy (non-hydrogen) atoms. The van der Waals surface area contributed by atoms with Gasteiger partial charge < -0.3 is 14.2 Å². The van der Waals surface area contributed by atoms with E-state index in [4.69, 9.17) is 14.2 Å². The number of hydrogen-bond donors (Lipinski definition) is 0. The van der Waals surface area contributed by atoms with E-state index in [-0.39, 0.29) is 5.79 Å². The van der Waals surface area contributed by atoms with Gasteiger partial charge in [-0.1, -0.05) is 27.7 Å². The van der Waals surface area contributed by atoms with Crippen molar-refractivity contribution in [1.82, 2.24) is 0 Å². The van der Waals surface area contributed by atoms with Crippen LogP contribution in [0.1, 0.15) is 91.9 Å². The third-order valence-electron chi connectivity index (χ3n) is 12.6. The minimum absolute atomic E-state index is 0.266. The number of ether oxygens (including phenoxy) is 3. The van der Waals surface area contributed by atoms with Crippen LogP contribution in [-0.2, 0) is 14.2 Å². The minimum Gasteiger partial charge on any atom is -0.370 e. The highest BCUT2D eigenvalue weighted by molar-refractivity contribution is 5.16. The molecule has 0 aromatic carbocycles. The zero-order valence-corrected chi connectivity index (χ0v) is 20.3. The number of epoxide rings is 1. The van der Waals surface area contributed by atoms with Crippen molar-refractivity contribution in [3.05, 3.63) is 0 Å². The fraction of sp³-hybridized carbons (Fsp3) is 1.00. The van der Waals surface area contributed by atoms with Crippen LogP contribution in [-0.4, -0.2) is 30.7 Å². The van der Waals surface area contributed by atoms with Crippen molar-refractivity contribution < 1.29 is 14.2 Å². The van der Waals surface area contributed by atoms with Gasteiger partial charge in [-0.2, -0.15) is 0 Å². The second kappa shape index (κ2) is 6.30. The second-order valence-electron chi connectivity index (χ2n) is 13.9. The van der Waals surface area contributed by atoms with Gasteiger partial charge in [0, 0.05) is 12.3 Å². The first-order valence-electron chi connectivity index (χ1n) is 13.7. The molecule has 3 nitrogen and oxygen atoms in total. The number of hydrogen-bond acceptors (Lipinski definition) is 3. The van der Waals surface area contributed by atoms with Crippen LogP contribution < -0.4 is 0 Å². The van der Waals surface area contributed by atoms with Crippen molar-refractivity contribution in [2.24, 2.45) is 52.3 Å². The summed E-state index contributed by atoms with van der Waals surface area (Å²) < 4.78 is 19.4. The Kier molecular flexibility index (Phi) is 4.12. The van der Waals surface area contributed by atoms with Gasteiger partial charge >= 0.3 is 0 Å². The maximum absolute atomic E-state index is 6.94. The summed E-state index contributed by atoms with van der Waals surface area (Å²) in [5, 5.41) is 0. The average molecular weight is 429 g/mol. The molecule has 0 aromatic rings. The molecule has 4 aliphatic carbocycles. The van der Waals surface area contributed by atoms with Crippen LogP contribution >= 0.6 is 0 Å². The first-order valence-corrected chi connectivity index (χ1v) is 13.7. The molecule has 0 aromatic heterocycles. The molecule has 7 fully saturated rings. The summed E-state index contributed by atoms with van der Waals surface area (Å²) in [5.41, 5.74) is 1.34. The Morgan fingerprint density at radius 1 is 0.806 bits per heavy atom. The third-order valence-corrected chi connectivity index (χ3v) is 12.6. The standard InChI is InChI=1S/C28H44O3/c1-17-7-10-28(29-15-17)18(2)24-23(31-28)13-22-20-6-5-19-14-27(16-30-27)12-11-25(19,3)21(20)8-9-26(22,24)4/h17-24H,5-16H2,1-4H3. The highest BCUT2D eigenvalue weighted by atomic mass is 16.7. The topological polar surface area (TPSA) is 31.0 Å². The molecular formula is C28H44O3. The minimum atomic E-state index is -0.266. The smallest absolute Gasteiger partial charge is 0.171 e. The highest BCUT2D eigenvalue weighted by Gasteiger charge is 2.69. The zero-order chi connectivity index (χ0) is 21.2. The molecule has 0 amide bonds. The molecule has 174 valence electrons. The predicted molar refractivity (Wildman–Crippen MR) is 120 cm³/mol. The fourth-order valence-electron chi connectivity index (χ4n) is 10.7. The van der Waals surface area contributed by atoms with Gasteiger partial charge in [0.05, 0.1) is 24.9 Å². The molecule has 7 aliphatic rings. The lowest BCUT2D eigenvalue weighted by molar-refractivity contribution is -0.273. The van der Waals surface area contributed by atoms with Gasteiger partial charge in [-0.15, -0.1) is 0 Å². The van der Waals surface area contributed by atoms with Crippen molar-refractivity contribution in [1.29, 1.82) is 0 Å². The molecule has 2 spiro atoms. The Morgan fingerprint density at radius 3 is 2.39 bits per heavy atom. The summed E-state index contributed by atoms with van der Waals surface area (Å²) in [7, 11) is 0. The van der Waals surface area contributed by atoms with Crippen LogP contribution in [0.4, 0.5) is 0 Å². The van der Waals surface area contributed by atoms with Crippen LogP contribution in [0.25, 0.3) is 0 Å².